The molecule has 13 heavy (non-hydrogen) atoms. The first-order valence-corrected chi connectivity index (χ1v) is 4.08. The molecule has 4 nitrogen and oxygen atoms in total. The van der Waals surface area contributed by atoms with Gasteiger partial charge in [-0.1, -0.05) is 0 Å². The summed E-state index contributed by atoms with van der Waals surface area (Å²) in [6, 6.07) is 0. The second-order valence-corrected chi connectivity index (χ2v) is 2.78. The van der Waals surface area contributed by atoms with Crippen molar-refractivity contribution in [2.45, 2.75) is 12.6 Å². The fraction of sp³-hybridized carbons (Fsp3) is 1.00. The van der Waals surface area contributed by atoms with Gasteiger partial charge in [-0.2, -0.15) is 0 Å². The summed E-state index contributed by atoms with van der Waals surface area (Å²) >= 11 is 0. The molecule has 3 N–H and O–H groups in total. The Bertz CT molecular complexity index is 113. The molecule has 6 heteroatoms. The van der Waals surface area contributed by atoms with Crippen LogP contribution < -0.4 is 5.32 Å². The minimum Gasteiger partial charge on any atom is -0.396 e. The van der Waals surface area contributed by atoms with Crippen LogP contribution in [0, 0.1) is 0 Å². The number of nitrogens with one attached hydrogen (secondary N) is 1. The number of nitrogens with zero attached hydrogens (tertiary/aromatic N) is 1. The maximum absolute atomic E-state index is 9.41. The summed E-state index contributed by atoms with van der Waals surface area (Å²) in [4.78, 5) is 1.98. The number of aliphatic hydroxyl groups excluding tert-OH is 2. The predicted octanol–water partition coefficient (Wildman–Crippen LogP) is -0.564. The first-order valence-electron chi connectivity index (χ1n) is 4.08. The number of hydrogen-bond acceptors (Lipinski definition) is 4. The molecule has 1 aliphatic rings. The van der Waals surface area contributed by atoms with Gasteiger partial charge in [-0.15, -0.1) is 24.8 Å². The van der Waals surface area contributed by atoms with E-state index < -0.39 is 6.23 Å². The molecular weight excluding hydrogens is 215 g/mol. The second-order valence-electron chi connectivity index (χ2n) is 2.78. The molecule has 1 fully saturated rings. The topological polar surface area (TPSA) is 55.7 Å². The lowest BCUT2D eigenvalue weighted by Crippen LogP contribution is -2.48. The van der Waals surface area contributed by atoms with E-state index in [-0.39, 0.29) is 31.4 Å². The zero-order valence-electron chi connectivity index (χ0n) is 7.48. The molecule has 0 bridgehead atoms. The highest BCUT2D eigenvalue weighted by Crippen LogP contribution is 2.01. The third-order valence-corrected chi connectivity index (χ3v) is 1.96. The second kappa shape index (κ2) is 8.99. The van der Waals surface area contributed by atoms with Gasteiger partial charge in [-0.25, -0.2) is 0 Å². The molecule has 1 saturated heterocycles. The van der Waals surface area contributed by atoms with Gasteiger partial charge in [-0.05, 0) is 0 Å². The Labute approximate surface area is 91.1 Å². The van der Waals surface area contributed by atoms with E-state index >= 15 is 0 Å². The molecule has 0 spiro atoms. The summed E-state index contributed by atoms with van der Waals surface area (Å²) in [6.45, 7) is 3.68. The van der Waals surface area contributed by atoms with Crippen molar-refractivity contribution in [3.63, 3.8) is 0 Å². The van der Waals surface area contributed by atoms with E-state index in [0.717, 1.165) is 26.2 Å². The number of halogens is 2. The normalized spacial score (nSPS) is 19.8. The van der Waals surface area contributed by atoms with Gasteiger partial charge >= 0.3 is 0 Å². The molecule has 0 aromatic heterocycles. The van der Waals surface area contributed by atoms with Crippen LogP contribution in [0.4, 0.5) is 0 Å². The lowest BCUT2D eigenvalue weighted by molar-refractivity contribution is -0.0187. The lowest BCUT2D eigenvalue weighted by atomic mass is 10.3. The Morgan fingerprint density at radius 1 is 1.23 bits per heavy atom. The molecule has 0 aromatic carbocycles. The monoisotopic (exact) mass is 232 g/mol. The summed E-state index contributed by atoms with van der Waals surface area (Å²) < 4.78 is 0. The predicted molar refractivity (Wildman–Crippen MR) is 56.6 cm³/mol. The van der Waals surface area contributed by atoms with Crippen LogP contribution >= 0.6 is 24.8 Å². The zero-order chi connectivity index (χ0) is 8.10. The molecule has 1 heterocycles. The van der Waals surface area contributed by atoms with Crippen molar-refractivity contribution in [1.29, 1.82) is 0 Å². The quantitative estimate of drug-likeness (QED) is 0.611. The summed E-state index contributed by atoms with van der Waals surface area (Å²) in [5.41, 5.74) is 0. The summed E-state index contributed by atoms with van der Waals surface area (Å²) in [5.74, 6) is 0. The number of aliphatic hydroxyl groups is 2. The molecular formula is C7H18Cl2N2O2. The largest absolute Gasteiger partial charge is 0.396 e. The molecule has 0 radical (unpaired) electrons. The van der Waals surface area contributed by atoms with Crippen molar-refractivity contribution in [1.82, 2.24) is 10.2 Å². The highest BCUT2D eigenvalue weighted by atomic mass is 35.5. The minimum atomic E-state index is -0.456. The molecule has 0 aliphatic carbocycles. The van der Waals surface area contributed by atoms with Crippen LogP contribution in [-0.2, 0) is 0 Å². The first kappa shape index (κ1) is 15.9. The summed E-state index contributed by atoms with van der Waals surface area (Å²) in [5, 5.41) is 21.2. The molecule has 0 aromatic rings. The minimum absolute atomic E-state index is 0. The average Bonchev–Trinajstić information content (AvgIpc) is 2.07. The van der Waals surface area contributed by atoms with E-state index in [9.17, 15) is 5.11 Å². The molecule has 1 atom stereocenters. The van der Waals surface area contributed by atoms with Gasteiger partial charge in [0.05, 0.1) is 0 Å². The van der Waals surface area contributed by atoms with E-state index in [1.807, 2.05) is 4.90 Å². The SMILES string of the molecule is Cl.Cl.OCCC(O)N1CCNCC1. The van der Waals surface area contributed by atoms with Crippen molar-refractivity contribution in [2.24, 2.45) is 0 Å². The molecule has 0 saturated carbocycles. The van der Waals surface area contributed by atoms with E-state index in [1.165, 1.54) is 0 Å². The van der Waals surface area contributed by atoms with E-state index in [2.05, 4.69) is 5.32 Å². The molecule has 1 rings (SSSR count). The van der Waals surface area contributed by atoms with E-state index in [4.69, 9.17) is 5.11 Å². The van der Waals surface area contributed by atoms with Crippen molar-refractivity contribution in [2.75, 3.05) is 32.8 Å². The van der Waals surface area contributed by atoms with Crippen molar-refractivity contribution in [3.8, 4) is 0 Å². The van der Waals surface area contributed by atoms with Gasteiger partial charge < -0.3 is 15.5 Å². The van der Waals surface area contributed by atoms with Crippen LogP contribution in [-0.4, -0.2) is 54.1 Å². The van der Waals surface area contributed by atoms with Gasteiger partial charge in [0.2, 0.25) is 0 Å². The Hall–Kier alpha value is 0.420. The molecule has 1 unspecified atom stereocenters. The van der Waals surface area contributed by atoms with Gasteiger partial charge in [0, 0.05) is 39.2 Å². The van der Waals surface area contributed by atoms with Crippen LogP contribution in [0.15, 0.2) is 0 Å². The third-order valence-electron chi connectivity index (χ3n) is 1.96. The van der Waals surface area contributed by atoms with Crippen molar-refractivity contribution >= 4 is 24.8 Å². The number of hydrogen-bond donors (Lipinski definition) is 3. The van der Waals surface area contributed by atoms with Crippen molar-refractivity contribution in [3.05, 3.63) is 0 Å². The van der Waals surface area contributed by atoms with Gasteiger partial charge in [0.15, 0.2) is 0 Å². The maximum atomic E-state index is 9.41. The first-order chi connectivity index (χ1) is 5.34. The molecule has 82 valence electrons. The maximum Gasteiger partial charge on any atom is 0.109 e. The van der Waals surface area contributed by atoms with Crippen LogP contribution in [0.5, 0.6) is 0 Å². The highest BCUT2D eigenvalue weighted by Gasteiger charge is 2.16. The zero-order valence-corrected chi connectivity index (χ0v) is 9.11. The summed E-state index contributed by atoms with van der Waals surface area (Å²) in [6.07, 6.45) is 0.00194. The number of piperazine rings is 1. The van der Waals surface area contributed by atoms with E-state index in [1.54, 1.807) is 0 Å². The Balaban J connectivity index is 0. The van der Waals surface area contributed by atoms with Gasteiger partial charge in [0.25, 0.3) is 0 Å². The standard InChI is InChI=1S/C7H16N2O2.2ClH/c10-6-1-7(11)9-4-2-8-3-5-9;;/h7-8,10-11H,1-6H2;2*1H. The average molecular weight is 233 g/mol. The highest BCUT2D eigenvalue weighted by molar-refractivity contribution is 5.85. The van der Waals surface area contributed by atoms with Crippen LogP contribution in [0.25, 0.3) is 0 Å². The fourth-order valence-corrected chi connectivity index (χ4v) is 1.28. The third kappa shape index (κ3) is 5.67. The van der Waals surface area contributed by atoms with Crippen LogP contribution in [0.2, 0.25) is 0 Å². The van der Waals surface area contributed by atoms with E-state index in [0.29, 0.717) is 6.42 Å². The molecule has 1 aliphatic heterocycles. The Morgan fingerprint density at radius 2 is 1.77 bits per heavy atom. The smallest absolute Gasteiger partial charge is 0.109 e. The van der Waals surface area contributed by atoms with Crippen LogP contribution in [0.1, 0.15) is 6.42 Å². The Morgan fingerprint density at radius 3 is 2.23 bits per heavy atom. The van der Waals surface area contributed by atoms with Gasteiger partial charge in [0.1, 0.15) is 6.23 Å². The summed E-state index contributed by atoms with van der Waals surface area (Å²) in [7, 11) is 0. The lowest BCUT2D eigenvalue weighted by Gasteiger charge is -2.31. The Kier molecular flexibility index (Phi) is 11.0. The number of rotatable bonds is 3. The van der Waals surface area contributed by atoms with Gasteiger partial charge in [-0.3, -0.25) is 4.90 Å². The van der Waals surface area contributed by atoms with Crippen molar-refractivity contribution < 1.29 is 10.2 Å². The molecule has 0 amide bonds. The van der Waals surface area contributed by atoms with Crippen LogP contribution in [0.3, 0.4) is 0 Å². The fourth-order valence-electron chi connectivity index (χ4n) is 1.28.